The average Bonchev–Trinajstić information content (AvgIpc) is 2.66. The molecule has 0 radical (unpaired) electrons. The Bertz CT molecular complexity index is 606. The molecule has 0 aliphatic heterocycles. The molecule has 1 aromatic heterocycles. The lowest BCUT2D eigenvalue weighted by Gasteiger charge is -2.04. The smallest absolute Gasteiger partial charge is 0.341 e. The second kappa shape index (κ2) is 5.36. The number of nitrogen functional groups attached to an aromatic ring is 1. The van der Waals surface area contributed by atoms with Crippen molar-refractivity contribution in [3.63, 3.8) is 0 Å². The van der Waals surface area contributed by atoms with Crippen LogP contribution in [0.5, 0.6) is 0 Å². The number of esters is 1. The molecule has 0 aliphatic rings. The zero-order chi connectivity index (χ0) is 14.0. The summed E-state index contributed by atoms with van der Waals surface area (Å²) in [5.74, 6) is -1.40. The van der Waals surface area contributed by atoms with Gasteiger partial charge < -0.3 is 10.5 Å². The number of carbonyl (C=O) groups excluding carboxylic acids is 1. The van der Waals surface area contributed by atoms with Gasteiger partial charge in [-0.2, -0.15) is 0 Å². The third kappa shape index (κ3) is 3.08. The van der Waals surface area contributed by atoms with E-state index in [-0.39, 0.29) is 17.9 Å². The summed E-state index contributed by atoms with van der Waals surface area (Å²) in [7, 11) is 0. The Morgan fingerprint density at radius 1 is 1.47 bits per heavy atom. The minimum absolute atomic E-state index is 0.0436. The number of rotatable bonds is 3. The minimum atomic E-state index is -0.719. The number of halogens is 1. The van der Waals surface area contributed by atoms with Gasteiger partial charge in [-0.3, -0.25) is 0 Å². The van der Waals surface area contributed by atoms with Crippen molar-refractivity contribution in [2.45, 2.75) is 20.5 Å². The van der Waals surface area contributed by atoms with E-state index in [0.717, 1.165) is 16.6 Å². The van der Waals surface area contributed by atoms with Gasteiger partial charge >= 0.3 is 5.97 Å². The Hall–Kier alpha value is -1.95. The molecule has 19 heavy (non-hydrogen) atoms. The highest BCUT2D eigenvalue weighted by atomic mass is 32.1. The van der Waals surface area contributed by atoms with Crippen LogP contribution in [0.15, 0.2) is 18.2 Å². The van der Waals surface area contributed by atoms with Crippen molar-refractivity contribution in [3.8, 4) is 0 Å². The average molecular weight is 280 g/mol. The number of aromatic nitrogens is 1. The Kier molecular flexibility index (Phi) is 3.80. The van der Waals surface area contributed by atoms with Crippen LogP contribution in [-0.2, 0) is 11.3 Å². The number of thiazole rings is 1. The van der Waals surface area contributed by atoms with E-state index in [2.05, 4.69) is 4.98 Å². The molecule has 0 spiro atoms. The van der Waals surface area contributed by atoms with Gasteiger partial charge in [0.2, 0.25) is 0 Å². The molecular formula is C13H13FN2O2S. The number of anilines is 1. The summed E-state index contributed by atoms with van der Waals surface area (Å²) >= 11 is 1.46. The van der Waals surface area contributed by atoms with Gasteiger partial charge in [-0.1, -0.05) is 0 Å². The first kappa shape index (κ1) is 13.5. The van der Waals surface area contributed by atoms with E-state index in [1.165, 1.54) is 23.5 Å². The number of nitrogens with two attached hydrogens (primary N) is 1. The maximum absolute atomic E-state index is 13.5. The zero-order valence-electron chi connectivity index (χ0n) is 10.6. The molecule has 6 heteroatoms. The fourth-order valence-corrected chi connectivity index (χ4v) is 2.35. The van der Waals surface area contributed by atoms with Gasteiger partial charge in [0.05, 0.1) is 11.3 Å². The predicted molar refractivity (Wildman–Crippen MR) is 71.5 cm³/mol. The summed E-state index contributed by atoms with van der Waals surface area (Å²) in [5, 5.41) is 0.694. The first-order chi connectivity index (χ1) is 8.97. The largest absolute Gasteiger partial charge is 0.455 e. The van der Waals surface area contributed by atoms with Crippen LogP contribution in [0, 0.1) is 19.7 Å². The van der Waals surface area contributed by atoms with Crippen molar-refractivity contribution in [3.05, 3.63) is 45.2 Å². The summed E-state index contributed by atoms with van der Waals surface area (Å²) in [5.41, 5.74) is 6.46. The number of ether oxygens (including phenoxy) is 1. The first-order valence-corrected chi connectivity index (χ1v) is 6.44. The first-order valence-electron chi connectivity index (χ1n) is 5.62. The molecular weight excluding hydrogens is 267 g/mol. The molecule has 0 aliphatic carbocycles. The lowest BCUT2D eigenvalue weighted by atomic mass is 10.2. The highest BCUT2D eigenvalue weighted by molar-refractivity contribution is 7.11. The van der Waals surface area contributed by atoms with Crippen molar-refractivity contribution in [2.24, 2.45) is 0 Å². The molecule has 4 nitrogen and oxygen atoms in total. The second-order valence-corrected chi connectivity index (χ2v) is 5.35. The number of carbonyl (C=O) groups is 1. The van der Waals surface area contributed by atoms with E-state index in [1.54, 1.807) is 0 Å². The molecule has 2 rings (SSSR count). The van der Waals surface area contributed by atoms with Crippen LogP contribution in [-0.4, -0.2) is 11.0 Å². The van der Waals surface area contributed by atoms with Crippen molar-refractivity contribution in [1.29, 1.82) is 0 Å². The van der Waals surface area contributed by atoms with Crippen molar-refractivity contribution in [1.82, 2.24) is 4.98 Å². The molecule has 100 valence electrons. The van der Waals surface area contributed by atoms with Crippen LogP contribution in [0.4, 0.5) is 10.1 Å². The fourth-order valence-electron chi connectivity index (χ4n) is 1.50. The summed E-state index contributed by atoms with van der Waals surface area (Å²) in [6.07, 6.45) is 0. The van der Waals surface area contributed by atoms with Gasteiger partial charge in [-0.15, -0.1) is 11.3 Å². The third-order valence-corrected chi connectivity index (χ3v) is 3.66. The molecule has 2 aromatic rings. The van der Waals surface area contributed by atoms with E-state index in [4.69, 9.17) is 10.5 Å². The molecule has 0 saturated heterocycles. The lowest BCUT2D eigenvalue weighted by molar-refractivity contribution is 0.0467. The Morgan fingerprint density at radius 3 is 2.79 bits per heavy atom. The topological polar surface area (TPSA) is 65.2 Å². The number of hydrogen-bond acceptors (Lipinski definition) is 5. The van der Waals surface area contributed by atoms with Crippen LogP contribution >= 0.6 is 11.3 Å². The molecule has 0 fully saturated rings. The van der Waals surface area contributed by atoms with Gasteiger partial charge in [0.25, 0.3) is 0 Å². The summed E-state index contributed by atoms with van der Waals surface area (Å²) in [6, 6.07) is 3.86. The van der Waals surface area contributed by atoms with Gasteiger partial charge in [0.15, 0.2) is 0 Å². The zero-order valence-corrected chi connectivity index (χ0v) is 11.4. The minimum Gasteiger partial charge on any atom is -0.455 e. The summed E-state index contributed by atoms with van der Waals surface area (Å²) < 4.78 is 18.5. The molecule has 0 amide bonds. The molecule has 0 saturated carbocycles. The molecule has 0 bridgehead atoms. The van der Waals surface area contributed by atoms with Crippen LogP contribution in [0.1, 0.15) is 25.9 Å². The highest BCUT2D eigenvalue weighted by Gasteiger charge is 2.14. The maximum Gasteiger partial charge on any atom is 0.341 e. The second-order valence-electron chi connectivity index (χ2n) is 4.06. The fraction of sp³-hybridized carbons (Fsp3) is 0.231. The highest BCUT2D eigenvalue weighted by Crippen LogP contribution is 2.18. The normalized spacial score (nSPS) is 10.5. The Morgan fingerprint density at radius 2 is 2.21 bits per heavy atom. The van der Waals surface area contributed by atoms with E-state index in [0.29, 0.717) is 5.01 Å². The Labute approximate surface area is 114 Å². The lowest BCUT2D eigenvalue weighted by Crippen LogP contribution is -2.08. The number of benzene rings is 1. The van der Waals surface area contributed by atoms with E-state index in [9.17, 15) is 9.18 Å². The quantitative estimate of drug-likeness (QED) is 0.693. The molecule has 2 N–H and O–H groups in total. The van der Waals surface area contributed by atoms with E-state index < -0.39 is 11.8 Å². The maximum atomic E-state index is 13.5. The van der Waals surface area contributed by atoms with Crippen molar-refractivity contribution < 1.29 is 13.9 Å². The van der Waals surface area contributed by atoms with Gasteiger partial charge in [-0.25, -0.2) is 14.2 Å². The van der Waals surface area contributed by atoms with Crippen LogP contribution in [0.2, 0.25) is 0 Å². The molecule has 0 unspecified atom stereocenters. The summed E-state index contributed by atoms with van der Waals surface area (Å²) in [4.78, 5) is 17.0. The van der Waals surface area contributed by atoms with E-state index >= 15 is 0 Å². The number of nitrogens with zero attached hydrogens (tertiary/aromatic N) is 1. The number of hydrogen-bond donors (Lipinski definition) is 1. The van der Waals surface area contributed by atoms with Gasteiger partial charge in [0.1, 0.15) is 17.4 Å². The summed E-state index contributed by atoms with van der Waals surface area (Å²) in [6.45, 7) is 3.87. The Balaban J connectivity index is 2.05. The SMILES string of the molecule is Cc1nc(COC(=O)c2ccc(N)cc2F)sc1C. The number of aryl methyl sites for hydroxylation is 2. The van der Waals surface area contributed by atoms with Gasteiger partial charge in [0, 0.05) is 10.6 Å². The van der Waals surface area contributed by atoms with Crippen molar-refractivity contribution >= 4 is 23.0 Å². The third-order valence-electron chi connectivity index (χ3n) is 2.61. The van der Waals surface area contributed by atoms with Crippen LogP contribution < -0.4 is 5.73 Å². The van der Waals surface area contributed by atoms with E-state index in [1.807, 2.05) is 13.8 Å². The standard InChI is InChI=1S/C13H13FN2O2S/c1-7-8(2)19-12(16-7)6-18-13(17)10-4-3-9(15)5-11(10)14/h3-5H,6,15H2,1-2H3. The molecule has 0 atom stereocenters. The predicted octanol–water partition coefficient (Wildman–Crippen LogP) is 2.84. The van der Waals surface area contributed by atoms with Crippen LogP contribution in [0.3, 0.4) is 0 Å². The van der Waals surface area contributed by atoms with Crippen LogP contribution in [0.25, 0.3) is 0 Å². The molecule has 1 aromatic carbocycles. The monoisotopic (exact) mass is 280 g/mol. The molecule has 1 heterocycles. The van der Waals surface area contributed by atoms with Gasteiger partial charge in [-0.05, 0) is 32.0 Å². The van der Waals surface area contributed by atoms with Crippen molar-refractivity contribution in [2.75, 3.05) is 5.73 Å².